The second kappa shape index (κ2) is 5.65. The quantitative estimate of drug-likeness (QED) is 0.595. The van der Waals surface area contributed by atoms with E-state index in [2.05, 4.69) is 32.7 Å². The van der Waals surface area contributed by atoms with Crippen LogP contribution in [-0.4, -0.2) is 22.5 Å². The van der Waals surface area contributed by atoms with E-state index < -0.39 is 0 Å². The molecule has 0 aliphatic heterocycles. The van der Waals surface area contributed by atoms with Gasteiger partial charge in [0.25, 0.3) is 0 Å². The van der Waals surface area contributed by atoms with Crippen LogP contribution in [0.15, 0.2) is 16.7 Å². The summed E-state index contributed by atoms with van der Waals surface area (Å²) in [6, 6.07) is 1.97. The van der Waals surface area contributed by atoms with Crippen molar-refractivity contribution in [1.82, 2.24) is 4.98 Å². The number of hydrogen-bond donors (Lipinski definition) is 0. The summed E-state index contributed by atoms with van der Waals surface area (Å²) < 4.78 is 0.643. The van der Waals surface area contributed by atoms with Gasteiger partial charge in [0.15, 0.2) is 0 Å². The molecule has 2 rings (SSSR count). The van der Waals surface area contributed by atoms with Crippen molar-refractivity contribution in [3.63, 3.8) is 0 Å². The molecule has 1 fully saturated rings. The Hall–Kier alpha value is -1.17. The van der Waals surface area contributed by atoms with Crippen LogP contribution >= 0.6 is 15.9 Å². The van der Waals surface area contributed by atoms with Crippen molar-refractivity contribution in [3.8, 4) is 0 Å². The van der Waals surface area contributed by atoms with Crippen molar-refractivity contribution in [1.29, 1.82) is 0 Å². The van der Waals surface area contributed by atoms with Crippen LogP contribution in [0.5, 0.6) is 0 Å². The van der Waals surface area contributed by atoms with Crippen LogP contribution in [-0.2, 0) is 0 Å². The van der Waals surface area contributed by atoms with Crippen LogP contribution in [0.25, 0.3) is 0 Å². The highest BCUT2D eigenvalue weighted by atomic mass is 79.9. The molecular weight excluding hydrogens is 298 g/mol. The lowest BCUT2D eigenvalue weighted by atomic mass is 10.3. The first-order valence-corrected chi connectivity index (χ1v) is 6.99. The van der Waals surface area contributed by atoms with E-state index in [1.807, 2.05) is 0 Å². The largest absolute Gasteiger partial charge is 0.348 e. The number of rotatable bonds is 6. The first-order valence-electron chi connectivity index (χ1n) is 6.20. The molecule has 1 aliphatic rings. The summed E-state index contributed by atoms with van der Waals surface area (Å²) in [5.41, 5.74) is 0.0902. The van der Waals surface area contributed by atoms with Crippen molar-refractivity contribution < 1.29 is 4.92 Å². The molecule has 1 aromatic heterocycles. The topological polar surface area (TPSA) is 59.3 Å². The van der Waals surface area contributed by atoms with Gasteiger partial charge in [0.05, 0.1) is 4.92 Å². The summed E-state index contributed by atoms with van der Waals surface area (Å²) in [7, 11) is 0. The smallest absolute Gasteiger partial charge is 0.312 e. The Morgan fingerprint density at radius 3 is 2.89 bits per heavy atom. The van der Waals surface area contributed by atoms with E-state index in [9.17, 15) is 10.1 Å². The number of aromatic nitrogens is 1. The van der Waals surface area contributed by atoms with Gasteiger partial charge in [0.1, 0.15) is 0 Å². The molecule has 0 atom stereocenters. The second-order valence-electron chi connectivity index (χ2n) is 4.53. The summed E-state index contributed by atoms with van der Waals surface area (Å²) in [5.74, 6) is 0.513. The lowest BCUT2D eigenvalue weighted by Gasteiger charge is -2.22. The minimum absolute atomic E-state index is 0.0902. The number of halogens is 1. The summed E-state index contributed by atoms with van der Waals surface area (Å²) in [5, 5.41) is 11.1. The van der Waals surface area contributed by atoms with Gasteiger partial charge < -0.3 is 4.90 Å². The zero-order valence-corrected chi connectivity index (χ0v) is 11.9. The molecule has 1 saturated carbocycles. The van der Waals surface area contributed by atoms with Gasteiger partial charge in [-0.25, -0.2) is 4.98 Å². The van der Waals surface area contributed by atoms with Crippen molar-refractivity contribution in [2.45, 2.75) is 38.6 Å². The highest BCUT2D eigenvalue weighted by Crippen LogP contribution is 2.36. The maximum atomic E-state index is 11.1. The average Bonchev–Trinajstić information content (AvgIpc) is 3.15. The van der Waals surface area contributed by atoms with E-state index in [1.54, 1.807) is 6.20 Å². The minimum atomic E-state index is -0.353. The van der Waals surface area contributed by atoms with Crippen molar-refractivity contribution >= 4 is 27.4 Å². The maximum Gasteiger partial charge on any atom is 0.312 e. The van der Waals surface area contributed by atoms with Crippen molar-refractivity contribution in [3.05, 3.63) is 26.9 Å². The average molecular weight is 314 g/mol. The van der Waals surface area contributed by atoms with E-state index in [1.165, 1.54) is 6.07 Å². The number of anilines is 1. The number of pyridine rings is 1. The van der Waals surface area contributed by atoms with Gasteiger partial charge in [-0.1, -0.05) is 13.3 Å². The molecule has 0 bridgehead atoms. The monoisotopic (exact) mass is 313 g/mol. The zero-order chi connectivity index (χ0) is 13.1. The number of unbranched alkanes of at least 4 members (excludes halogenated alkanes) is 1. The summed E-state index contributed by atoms with van der Waals surface area (Å²) in [6.07, 6.45) is 5.96. The van der Waals surface area contributed by atoms with E-state index >= 15 is 0 Å². The number of nitro groups is 1. The van der Waals surface area contributed by atoms with Gasteiger partial charge in [0.2, 0.25) is 5.82 Å². The molecule has 0 aromatic carbocycles. The van der Waals surface area contributed by atoms with Crippen LogP contribution in [0.3, 0.4) is 0 Å². The van der Waals surface area contributed by atoms with Gasteiger partial charge >= 0.3 is 5.69 Å². The fourth-order valence-corrected chi connectivity index (χ4v) is 2.27. The van der Waals surface area contributed by atoms with Gasteiger partial charge in [-0.3, -0.25) is 10.1 Å². The number of nitrogens with zero attached hydrogens (tertiary/aromatic N) is 3. The zero-order valence-electron chi connectivity index (χ0n) is 10.3. The third kappa shape index (κ3) is 2.98. The Kier molecular flexibility index (Phi) is 4.16. The van der Waals surface area contributed by atoms with E-state index in [0.29, 0.717) is 16.3 Å². The first kappa shape index (κ1) is 13.3. The normalized spacial score (nSPS) is 14.6. The van der Waals surface area contributed by atoms with Crippen LogP contribution in [0.2, 0.25) is 0 Å². The molecule has 18 heavy (non-hydrogen) atoms. The highest BCUT2D eigenvalue weighted by Gasteiger charge is 2.33. The standard InChI is InChI=1S/C12H16BrN3O2/c1-2-3-6-15(10-4-5-10)12-11(16(17)18)7-9(13)8-14-12/h7-8,10H,2-6H2,1H3. The van der Waals surface area contributed by atoms with Crippen molar-refractivity contribution in [2.75, 3.05) is 11.4 Å². The Bertz CT molecular complexity index is 449. The van der Waals surface area contributed by atoms with Gasteiger partial charge in [-0.2, -0.15) is 0 Å². The molecule has 0 saturated heterocycles. The van der Waals surface area contributed by atoms with Crippen LogP contribution in [0, 0.1) is 10.1 Å². The molecule has 0 amide bonds. The fourth-order valence-electron chi connectivity index (χ4n) is 1.95. The molecule has 6 heteroatoms. The lowest BCUT2D eigenvalue weighted by molar-refractivity contribution is -0.384. The molecule has 0 radical (unpaired) electrons. The van der Waals surface area contributed by atoms with E-state index in [0.717, 1.165) is 32.2 Å². The molecule has 1 aliphatic carbocycles. The summed E-state index contributed by atoms with van der Waals surface area (Å²) in [6.45, 7) is 2.96. The summed E-state index contributed by atoms with van der Waals surface area (Å²) >= 11 is 3.23. The third-order valence-corrected chi connectivity index (χ3v) is 3.46. The minimum Gasteiger partial charge on any atom is -0.348 e. The lowest BCUT2D eigenvalue weighted by Crippen LogP contribution is -2.28. The van der Waals surface area contributed by atoms with Crippen LogP contribution in [0.1, 0.15) is 32.6 Å². The molecule has 1 heterocycles. The van der Waals surface area contributed by atoms with Crippen LogP contribution in [0.4, 0.5) is 11.5 Å². The molecule has 98 valence electrons. The predicted octanol–water partition coefficient (Wildman–Crippen LogP) is 3.52. The van der Waals surface area contributed by atoms with Crippen molar-refractivity contribution in [2.24, 2.45) is 0 Å². The predicted molar refractivity (Wildman–Crippen MR) is 73.9 cm³/mol. The summed E-state index contributed by atoms with van der Waals surface area (Å²) in [4.78, 5) is 17.1. The first-order chi connectivity index (χ1) is 8.63. The maximum absolute atomic E-state index is 11.1. The Balaban J connectivity index is 2.30. The molecular formula is C12H16BrN3O2. The molecule has 0 N–H and O–H groups in total. The van der Waals surface area contributed by atoms with E-state index in [-0.39, 0.29) is 10.6 Å². The highest BCUT2D eigenvalue weighted by molar-refractivity contribution is 9.10. The molecule has 5 nitrogen and oxygen atoms in total. The second-order valence-corrected chi connectivity index (χ2v) is 5.45. The Labute approximate surface area is 114 Å². The third-order valence-electron chi connectivity index (χ3n) is 3.02. The van der Waals surface area contributed by atoms with Gasteiger partial charge in [-0.15, -0.1) is 0 Å². The molecule has 0 spiro atoms. The van der Waals surface area contributed by atoms with Gasteiger partial charge in [0, 0.05) is 29.3 Å². The Morgan fingerprint density at radius 1 is 1.61 bits per heavy atom. The van der Waals surface area contributed by atoms with Crippen LogP contribution < -0.4 is 4.90 Å². The van der Waals surface area contributed by atoms with Gasteiger partial charge in [-0.05, 0) is 35.2 Å². The number of hydrogen-bond acceptors (Lipinski definition) is 4. The van der Waals surface area contributed by atoms with E-state index in [4.69, 9.17) is 0 Å². The fraction of sp³-hybridized carbons (Fsp3) is 0.583. The molecule has 0 unspecified atom stereocenters. The molecule has 1 aromatic rings. The SMILES string of the molecule is CCCCN(c1ncc(Br)cc1[N+](=O)[O-])C1CC1. The Morgan fingerprint density at radius 2 is 2.33 bits per heavy atom.